The van der Waals surface area contributed by atoms with E-state index in [1.807, 2.05) is 12.1 Å². The van der Waals surface area contributed by atoms with Crippen LogP contribution in [0.5, 0.6) is 0 Å². The van der Waals surface area contributed by atoms with Gasteiger partial charge in [0.1, 0.15) is 11.5 Å². The third-order valence-corrected chi connectivity index (χ3v) is 4.25. The molecule has 8 nitrogen and oxygen atoms in total. The summed E-state index contributed by atoms with van der Waals surface area (Å²) in [5.74, 6) is 1.27. The minimum Gasteiger partial charge on any atom is -0.423 e. The van der Waals surface area contributed by atoms with Crippen molar-refractivity contribution in [1.82, 2.24) is 0 Å². The van der Waals surface area contributed by atoms with E-state index >= 15 is 0 Å². The van der Waals surface area contributed by atoms with Crippen LogP contribution in [-0.4, -0.2) is 0 Å². The number of hydrogen-bond donors (Lipinski definition) is 0. The Bertz CT molecular complexity index is 594. The highest BCUT2D eigenvalue weighted by atomic mass is 127. The molecule has 96 valence electrons. The summed E-state index contributed by atoms with van der Waals surface area (Å²) in [6.07, 6.45) is 0. The molecule has 0 saturated carbocycles. The average Bonchev–Trinajstić information content (AvgIpc) is 3.04. The van der Waals surface area contributed by atoms with E-state index in [-0.39, 0.29) is 13.1 Å². The Morgan fingerprint density at radius 2 is 1.37 bits per heavy atom. The van der Waals surface area contributed by atoms with Crippen LogP contribution in [0.15, 0.2) is 43.3 Å². The van der Waals surface area contributed by atoms with Gasteiger partial charge in [-0.25, -0.2) is 0 Å². The van der Waals surface area contributed by atoms with Crippen LogP contribution in [-0.2, 0) is 13.1 Å². The van der Waals surface area contributed by atoms with Crippen molar-refractivity contribution in [1.29, 1.82) is 0 Å². The molecule has 0 aliphatic rings. The molecule has 2 heterocycles. The van der Waals surface area contributed by atoms with Crippen LogP contribution in [0.25, 0.3) is 20.9 Å². The molecule has 2 aromatic heterocycles. The van der Waals surface area contributed by atoms with E-state index in [0.29, 0.717) is 11.5 Å². The molecule has 2 rings (SSSR count). The fourth-order valence-corrected chi connectivity index (χ4v) is 3.30. The maximum absolute atomic E-state index is 8.22. The summed E-state index contributed by atoms with van der Waals surface area (Å²) in [7, 11) is 0. The monoisotopic (exact) mass is 371 g/mol. The normalized spacial score (nSPS) is 9.68. The third-order valence-electron chi connectivity index (χ3n) is 2.02. The maximum atomic E-state index is 8.22. The Morgan fingerprint density at radius 1 is 0.895 bits per heavy atom. The van der Waals surface area contributed by atoms with E-state index in [0.717, 1.165) is 7.53 Å². The van der Waals surface area contributed by atoms with Crippen LogP contribution in [0, 0.1) is 7.53 Å². The minimum atomic E-state index is -0.564. The van der Waals surface area contributed by atoms with Crippen LogP contribution in [0.1, 0.15) is 11.5 Å². The van der Waals surface area contributed by atoms with Gasteiger partial charge in [0, 0.05) is 22.0 Å². The van der Waals surface area contributed by atoms with Gasteiger partial charge >= 0.3 is 28.7 Å². The zero-order chi connectivity index (χ0) is 13.5. The SMILES string of the molecule is [N-]=[N+]=NCc1ccc([I+]c2ccc(CN=[N+]=[N-])o2)o1. The van der Waals surface area contributed by atoms with Crippen molar-refractivity contribution >= 4 is 0 Å². The first-order chi connectivity index (χ1) is 9.31. The summed E-state index contributed by atoms with van der Waals surface area (Å²) >= 11 is -0.564. The highest BCUT2D eigenvalue weighted by Crippen LogP contribution is 2.03. The van der Waals surface area contributed by atoms with E-state index in [2.05, 4.69) is 20.1 Å². The molecule has 0 amide bonds. The summed E-state index contributed by atoms with van der Waals surface area (Å²) in [6.45, 7) is 0.418. The first-order valence-electron chi connectivity index (χ1n) is 5.16. The van der Waals surface area contributed by atoms with Crippen molar-refractivity contribution in [2.24, 2.45) is 10.2 Å². The molecule has 19 heavy (non-hydrogen) atoms. The third kappa shape index (κ3) is 3.95. The molecular weight excluding hydrogens is 363 g/mol. The van der Waals surface area contributed by atoms with Crippen LogP contribution in [0.2, 0.25) is 0 Å². The van der Waals surface area contributed by atoms with Crippen LogP contribution < -0.4 is 21.2 Å². The van der Waals surface area contributed by atoms with Crippen molar-refractivity contribution in [2.45, 2.75) is 13.1 Å². The van der Waals surface area contributed by atoms with E-state index in [9.17, 15) is 0 Å². The van der Waals surface area contributed by atoms with Crippen molar-refractivity contribution in [2.75, 3.05) is 0 Å². The topological polar surface area (TPSA) is 124 Å². The van der Waals surface area contributed by atoms with Crippen molar-refractivity contribution in [3.8, 4) is 0 Å². The van der Waals surface area contributed by atoms with E-state index in [1.165, 1.54) is 0 Å². The maximum Gasteiger partial charge on any atom is 0.442 e. The second-order valence-electron chi connectivity index (χ2n) is 3.28. The predicted octanol–water partition coefficient (Wildman–Crippen LogP) is 0.622. The molecule has 0 spiro atoms. The van der Waals surface area contributed by atoms with Crippen molar-refractivity contribution < 1.29 is 30.0 Å². The number of hydrogen-bond acceptors (Lipinski definition) is 4. The van der Waals surface area contributed by atoms with Crippen molar-refractivity contribution in [3.05, 3.63) is 64.2 Å². The molecule has 0 saturated heterocycles. The van der Waals surface area contributed by atoms with E-state index in [1.54, 1.807) is 12.1 Å². The zero-order valence-corrected chi connectivity index (χ0v) is 11.8. The lowest BCUT2D eigenvalue weighted by Crippen LogP contribution is -3.61. The Labute approximate surface area is 117 Å². The van der Waals surface area contributed by atoms with E-state index in [4.69, 9.17) is 19.9 Å². The van der Waals surface area contributed by atoms with Gasteiger partial charge < -0.3 is 8.83 Å². The average molecular weight is 371 g/mol. The van der Waals surface area contributed by atoms with Gasteiger partial charge in [-0.05, 0) is 23.2 Å². The smallest absolute Gasteiger partial charge is 0.423 e. The largest absolute Gasteiger partial charge is 0.442 e. The Hall–Kier alpha value is -2.09. The number of halogens is 1. The molecule has 0 N–H and O–H groups in total. The lowest BCUT2D eigenvalue weighted by molar-refractivity contribution is -0.636. The van der Waals surface area contributed by atoms with Gasteiger partial charge in [0.2, 0.25) is 0 Å². The quantitative estimate of drug-likeness (QED) is 0.320. The first kappa shape index (κ1) is 13.3. The highest BCUT2D eigenvalue weighted by molar-refractivity contribution is 4.99. The fourth-order valence-electron chi connectivity index (χ4n) is 1.27. The predicted molar refractivity (Wildman–Crippen MR) is 60.5 cm³/mol. The standard InChI is InChI=1S/C10H8IN6O2/c12-16-14-5-7-1-3-9(18-7)11-10-4-2-8(19-10)6-15-17-13/h1-4H,5-6H2/q+1. The summed E-state index contributed by atoms with van der Waals surface area (Å²) in [5.41, 5.74) is 16.4. The van der Waals surface area contributed by atoms with Gasteiger partial charge in [-0.1, -0.05) is 10.2 Å². The van der Waals surface area contributed by atoms with Gasteiger partial charge in [-0.15, -0.1) is 0 Å². The van der Waals surface area contributed by atoms with Gasteiger partial charge in [0.15, 0.2) is 0 Å². The molecule has 0 fully saturated rings. The summed E-state index contributed by atoms with van der Waals surface area (Å²) in [6, 6.07) is 7.28. The molecule has 0 atom stereocenters. The molecule has 0 aliphatic carbocycles. The summed E-state index contributed by atoms with van der Waals surface area (Å²) in [5, 5.41) is 6.86. The highest BCUT2D eigenvalue weighted by Gasteiger charge is 2.24. The molecule has 0 bridgehead atoms. The molecule has 0 aromatic carbocycles. The molecular formula is C10H8IN6O2+. The molecule has 2 aromatic rings. The molecule has 9 heteroatoms. The van der Waals surface area contributed by atoms with Crippen LogP contribution >= 0.6 is 0 Å². The van der Waals surface area contributed by atoms with Gasteiger partial charge in [0.05, 0.1) is 13.1 Å². The zero-order valence-electron chi connectivity index (χ0n) is 9.60. The lowest BCUT2D eigenvalue weighted by Gasteiger charge is -1.83. The minimum absolute atomic E-state index is 0.209. The Balaban J connectivity index is 2.00. The summed E-state index contributed by atoms with van der Waals surface area (Å²) in [4.78, 5) is 5.34. The van der Waals surface area contributed by atoms with Crippen molar-refractivity contribution in [3.63, 3.8) is 0 Å². The van der Waals surface area contributed by atoms with Crippen LogP contribution in [0.3, 0.4) is 0 Å². The summed E-state index contributed by atoms with van der Waals surface area (Å²) < 4.78 is 12.7. The molecule has 0 radical (unpaired) electrons. The molecule has 0 unspecified atom stereocenters. The Kier molecular flexibility index (Phi) is 4.73. The number of furan rings is 2. The number of azide groups is 2. The van der Waals surface area contributed by atoms with Gasteiger partial charge in [-0.2, -0.15) is 0 Å². The molecule has 0 aliphatic heterocycles. The van der Waals surface area contributed by atoms with Gasteiger partial charge in [0.25, 0.3) is 0 Å². The number of rotatable bonds is 6. The van der Waals surface area contributed by atoms with Gasteiger partial charge in [-0.3, -0.25) is 0 Å². The van der Waals surface area contributed by atoms with E-state index < -0.39 is 21.2 Å². The lowest BCUT2D eigenvalue weighted by atomic mass is 10.5. The fraction of sp³-hybridized carbons (Fsp3) is 0.200. The second kappa shape index (κ2) is 6.74. The second-order valence-corrected chi connectivity index (χ2v) is 5.95. The Morgan fingerprint density at radius 3 is 1.79 bits per heavy atom. The number of nitrogens with zero attached hydrogens (tertiary/aromatic N) is 6. The first-order valence-corrected chi connectivity index (χ1v) is 7.31. The van der Waals surface area contributed by atoms with Crippen LogP contribution in [0.4, 0.5) is 0 Å².